The Labute approximate surface area is 83.1 Å². The minimum Gasteiger partial charge on any atom is -0.205 e. The second kappa shape index (κ2) is 4.33. The summed E-state index contributed by atoms with van der Waals surface area (Å²) in [7, 11) is 0. The summed E-state index contributed by atoms with van der Waals surface area (Å²) in [4.78, 5) is 0. The Hall–Kier alpha value is -0.950. The van der Waals surface area contributed by atoms with Gasteiger partial charge in [-0.3, -0.25) is 0 Å². The normalized spacial score (nSPS) is 10.1. The quantitative estimate of drug-likeness (QED) is 0.733. The highest BCUT2D eigenvalue weighted by Gasteiger charge is 2.12. The maximum atomic E-state index is 12.3. The first kappa shape index (κ1) is 10.1. The van der Waals surface area contributed by atoms with Crippen molar-refractivity contribution in [2.75, 3.05) is 0 Å². The van der Waals surface area contributed by atoms with Gasteiger partial charge in [0, 0.05) is 10.9 Å². The van der Waals surface area contributed by atoms with E-state index in [0.717, 1.165) is 0 Å². The van der Waals surface area contributed by atoms with Crippen molar-refractivity contribution >= 4 is 15.9 Å². The SMILES string of the molecule is N#Cc1ccc(C(F)F)c(CBr)c1. The molecular weight excluding hydrogens is 240 g/mol. The van der Waals surface area contributed by atoms with Gasteiger partial charge in [-0.15, -0.1) is 0 Å². The van der Waals surface area contributed by atoms with Crippen LogP contribution in [0.2, 0.25) is 0 Å². The van der Waals surface area contributed by atoms with Crippen molar-refractivity contribution in [2.45, 2.75) is 11.8 Å². The van der Waals surface area contributed by atoms with E-state index in [4.69, 9.17) is 5.26 Å². The van der Waals surface area contributed by atoms with Gasteiger partial charge in [-0.25, -0.2) is 8.78 Å². The number of nitriles is 1. The van der Waals surface area contributed by atoms with Gasteiger partial charge in [0.2, 0.25) is 0 Å². The van der Waals surface area contributed by atoms with E-state index in [-0.39, 0.29) is 5.56 Å². The molecule has 0 amide bonds. The van der Waals surface area contributed by atoms with Gasteiger partial charge in [0.15, 0.2) is 0 Å². The predicted molar refractivity (Wildman–Crippen MR) is 48.7 cm³/mol. The average molecular weight is 246 g/mol. The molecule has 0 spiro atoms. The van der Waals surface area contributed by atoms with Crippen LogP contribution in [0.15, 0.2) is 18.2 Å². The first-order valence-corrected chi connectivity index (χ1v) is 4.68. The molecule has 0 N–H and O–H groups in total. The van der Waals surface area contributed by atoms with E-state index in [0.29, 0.717) is 16.5 Å². The smallest absolute Gasteiger partial charge is 0.205 e. The zero-order chi connectivity index (χ0) is 9.84. The Morgan fingerprint density at radius 3 is 2.62 bits per heavy atom. The number of hydrogen-bond donors (Lipinski definition) is 0. The van der Waals surface area contributed by atoms with Crippen LogP contribution in [0.4, 0.5) is 8.78 Å². The number of hydrogen-bond acceptors (Lipinski definition) is 1. The van der Waals surface area contributed by atoms with Crippen LogP contribution in [0.25, 0.3) is 0 Å². The van der Waals surface area contributed by atoms with Gasteiger partial charge >= 0.3 is 0 Å². The molecule has 1 aromatic carbocycles. The van der Waals surface area contributed by atoms with Crippen molar-refractivity contribution in [3.05, 3.63) is 34.9 Å². The fourth-order valence-corrected chi connectivity index (χ4v) is 1.49. The topological polar surface area (TPSA) is 23.8 Å². The molecule has 0 aromatic heterocycles. The molecule has 0 radical (unpaired) electrons. The Kier molecular flexibility index (Phi) is 3.38. The molecule has 0 fully saturated rings. The Morgan fingerprint density at radius 1 is 1.46 bits per heavy atom. The second-order valence-electron chi connectivity index (χ2n) is 2.46. The lowest BCUT2D eigenvalue weighted by atomic mass is 10.1. The Balaban J connectivity index is 3.17. The highest BCUT2D eigenvalue weighted by molar-refractivity contribution is 9.08. The summed E-state index contributed by atoms with van der Waals surface area (Å²) in [5.41, 5.74) is 0.851. The summed E-state index contributed by atoms with van der Waals surface area (Å²) in [6.45, 7) is 0. The van der Waals surface area contributed by atoms with Crippen LogP contribution in [-0.2, 0) is 5.33 Å². The van der Waals surface area contributed by atoms with E-state index in [1.54, 1.807) is 0 Å². The molecule has 0 aliphatic rings. The Morgan fingerprint density at radius 2 is 2.15 bits per heavy atom. The molecule has 13 heavy (non-hydrogen) atoms. The van der Waals surface area contributed by atoms with Crippen LogP contribution in [-0.4, -0.2) is 0 Å². The number of halogens is 3. The first-order valence-electron chi connectivity index (χ1n) is 3.56. The molecular formula is C9H6BrF2N. The fraction of sp³-hybridized carbons (Fsp3) is 0.222. The van der Waals surface area contributed by atoms with E-state index in [1.165, 1.54) is 18.2 Å². The van der Waals surface area contributed by atoms with Crippen molar-refractivity contribution in [1.82, 2.24) is 0 Å². The molecule has 0 bridgehead atoms. The van der Waals surface area contributed by atoms with Gasteiger partial charge in [-0.1, -0.05) is 22.0 Å². The minimum atomic E-state index is -2.49. The van der Waals surface area contributed by atoms with E-state index >= 15 is 0 Å². The van der Waals surface area contributed by atoms with Gasteiger partial charge in [-0.2, -0.15) is 5.26 Å². The van der Waals surface area contributed by atoms with Crippen LogP contribution in [0, 0.1) is 11.3 Å². The third kappa shape index (κ3) is 2.25. The molecule has 0 saturated carbocycles. The zero-order valence-corrected chi connectivity index (χ0v) is 8.18. The predicted octanol–water partition coefficient (Wildman–Crippen LogP) is 3.39. The number of alkyl halides is 3. The van der Waals surface area contributed by atoms with Crippen LogP contribution in [0.1, 0.15) is 23.1 Å². The molecule has 0 unspecified atom stereocenters. The third-order valence-corrected chi connectivity index (χ3v) is 2.26. The van der Waals surface area contributed by atoms with Gasteiger partial charge in [0.25, 0.3) is 6.43 Å². The molecule has 0 atom stereocenters. The highest BCUT2D eigenvalue weighted by atomic mass is 79.9. The van der Waals surface area contributed by atoms with Crippen molar-refractivity contribution in [3.8, 4) is 6.07 Å². The number of nitrogens with zero attached hydrogens (tertiary/aromatic N) is 1. The maximum absolute atomic E-state index is 12.3. The monoisotopic (exact) mass is 245 g/mol. The zero-order valence-electron chi connectivity index (χ0n) is 6.60. The molecule has 4 heteroatoms. The average Bonchev–Trinajstić information content (AvgIpc) is 2.16. The number of benzene rings is 1. The van der Waals surface area contributed by atoms with Crippen LogP contribution >= 0.6 is 15.9 Å². The van der Waals surface area contributed by atoms with Gasteiger partial charge in [0.1, 0.15) is 0 Å². The second-order valence-corrected chi connectivity index (χ2v) is 3.02. The molecule has 68 valence electrons. The van der Waals surface area contributed by atoms with E-state index in [2.05, 4.69) is 15.9 Å². The van der Waals surface area contributed by atoms with Crippen LogP contribution in [0.3, 0.4) is 0 Å². The summed E-state index contributed by atoms with van der Waals surface area (Å²) >= 11 is 3.10. The molecule has 0 heterocycles. The van der Waals surface area contributed by atoms with Crippen molar-refractivity contribution in [2.24, 2.45) is 0 Å². The number of rotatable bonds is 2. The van der Waals surface area contributed by atoms with E-state index in [1.807, 2.05) is 6.07 Å². The van der Waals surface area contributed by atoms with Crippen molar-refractivity contribution < 1.29 is 8.78 Å². The standard InChI is InChI=1S/C9H6BrF2N/c10-4-7-3-6(5-13)1-2-8(7)9(11)12/h1-3,9H,4H2. The van der Waals surface area contributed by atoms with Gasteiger partial charge < -0.3 is 0 Å². The molecule has 0 saturated heterocycles. The third-order valence-electron chi connectivity index (χ3n) is 1.65. The summed E-state index contributed by atoms with van der Waals surface area (Å²) in [5.74, 6) is 0. The van der Waals surface area contributed by atoms with E-state index < -0.39 is 6.43 Å². The van der Waals surface area contributed by atoms with E-state index in [9.17, 15) is 8.78 Å². The Bertz CT molecular complexity index is 344. The fourth-order valence-electron chi connectivity index (χ4n) is 1.00. The van der Waals surface area contributed by atoms with Crippen LogP contribution < -0.4 is 0 Å². The lowest BCUT2D eigenvalue weighted by Gasteiger charge is -2.05. The minimum absolute atomic E-state index is 0.0177. The van der Waals surface area contributed by atoms with Gasteiger partial charge in [0.05, 0.1) is 11.6 Å². The summed E-state index contributed by atoms with van der Waals surface area (Å²) in [6.07, 6.45) is -2.49. The molecule has 1 nitrogen and oxygen atoms in total. The lowest BCUT2D eigenvalue weighted by Crippen LogP contribution is -1.92. The van der Waals surface area contributed by atoms with Crippen molar-refractivity contribution in [1.29, 1.82) is 5.26 Å². The van der Waals surface area contributed by atoms with Crippen LogP contribution in [0.5, 0.6) is 0 Å². The summed E-state index contributed by atoms with van der Waals surface area (Å²) < 4.78 is 24.7. The maximum Gasteiger partial charge on any atom is 0.264 e. The first-order chi connectivity index (χ1) is 6.19. The molecule has 0 aliphatic carbocycles. The van der Waals surface area contributed by atoms with Gasteiger partial charge in [-0.05, 0) is 17.7 Å². The molecule has 0 aliphatic heterocycles. The highest BCUT2D eigenvalue weighted by Crippen LogP contribution is 2.25. The molecule has 1 aromatic rings. The summed E-state index contributed by atoms with van der Waals surface area (Å²) in [5, 5.41) is 8.87. The summed E-state index contributed by atoms with van der Waals surface area (Å²) in [6, 6.07) is 6.06. The van der Waals surface area contributed by atoms with Crippen molar-refractivity contribution in [3.63, 3.8) is 0 Å². The lowest BCUT2D eigenvalue weighted by molar-refractivity contribution is 0.150. The largest absolute Gasteiger partial charge is 0.264 e. The molecule has 1 rings (SSSR count).